The van der Waals surface area contributed by atoms with E-state index in [0.29, 0.717) is 45.6 Å². The minimum Gasteiger partial charge on any atom is -0.493 e. The van der Waals surface area contributed by atoms with E-state index in [-0.39, 0.29) is 23.0 Å². The Labute approximate surface area is 261 Å². The molecule has 1 unspecified atom stereocenters. The number of benzene rings is 3. The van der Waals surface area contributed by atoms with Crippen LogP contribution in [0.25, 0.3) is 11.0 Å². The number of hydrogen-bond donors (Lipinski definition) is 1. The summed E-state index contributed by atoms with van der Waals surface area (Å²) in [5.41, 5.74) is 9.97. The van der Waals surface area contributed by atoms with Gasteiger partial charge in [0.15, 0.2) is 11.5 Å². The van der Waals surface area contributed by atoms with Crippen molar-refractivity contribution in [1.82, 2.24) is 0 Å². The molecule has 0 radical (unpaired) electrons. The molecule has 1 atom stereocenters. The van der Waals surface area contributed by atoms with Gasteiger partial charge in [0.1, 0.15) is 28.7 Å². The molecular formula is C35H35ClN2O6. The number of esters is 1. The summed E-state index contributed by atoms with van der Waals surface area (Å²) in [4.78, 5) is 13.1. The predicted molar refractivity (Wildman–Crippen MR) is 169 cm³/mol. The lowest BCUT2D eigenvalue weighted by atomic mass is 9.83. The number of nitrogens with two attached hydrogens (primary N) is 1. The molecule has 8 nitrogen and oxygen atoms in total. The van der Waals surface area contributed by atoms with Gasteiger partial charge in [0.05, 0.1) is 19.6 Å². The fourth-order valence-electron chi connectivity index (χ4n) is 5.40. The minimum atomic E-state index is -0.660. The van der Waals surface area contributed by atoms with Gasteiger partial charge in [-0.1, -0.05) is 56.3 Å². The highest BCUT2D eigenvalue weighted by atomic mass is 35.5. The molecule has 0 saturated heterocycles. The van der Waals surface area contributed by atoms with Crippen LogP contribution < -0.4 is 24.7 Å². The van der Waals surface area contributed by atoms with E-state index < -0.39 is 11.9 Å². The lowest BCUT2D eigenvalue weighted by Crippen LogP contribution is -2.21. The second kappa shape index (κ2) is 13.4. The number of carbonyl (C=O) groups excluding carboxylic acids is 1. The summed E-state index contributed by atoms with van der Waals surface area (Å²) < 4.78 is 29.0. The number of halogens is 1. The molecule has 0 spiro atoms. The molecule has 1 aromatic heterocycles. The third kappa shape index (κ3) is 6.20. The number of unbranched alkanes of at least 4 members (excludes halogenated alkanes) is 4. The van der Waals surface area contributed by atoms with Crippen molar-refractivity contribution in [2.24, 2.45) is 5.73 Å². The second-order valence-corrected chi connectivity index (χ2v) is 11.2. The van der Waals surface area contributed by atoms with Crippen LogP contribution in [0.1, 0.15) is 77.8 Å². The SMILES string of the molecule is CCCCCCCOc1ccc(C2C(C#N)=C(N)Oc3cc(OC(=O)c4oc5cc(C)c(Cl)cc5c4C)ccc32)cc1OC. The standard InChI is InChI=1S/C35H35ClN2O6/c1-5-6-7-8-9-14-41-28-13-10-22(16-31(28)40-4)32-24-12-11-23(17-30(24)44-34(38)26(32)19-37)42-35(39)33-21(3)25-18-27(36)20(2)15-29(25)43-33/h10-13,15-18,32H,5-9,14,38H2,1-4H3. The smallest absolute Gasteiger partial charge is 0.379 e. The van der Waals surface area contributed by atoms with Crippen LogP contribution in [0.4, 0.5) is 0 Å². The molecule has 0 amide bonds. The number of carbonyl (C=O) groups is 1. The average molecular weight is 615 g/mol. The average Bonchev–Trinajstić information content (AvgIpc) is 3.33. The third-order valence-electron chi connectivity index (χ3n) is 7.83. The molecular weight excluding hydrogens is 580 g/mol. The first-order chi connectivity index (χ1) is 21.2. The highest BCUT2D eigenvalue weighted by Crippen LogP contribution is 2.45. The van der Waals surface area contributed by atoms with Crippen LogP contribution >= 0.6 is 11.6 Å². The fraction of sp³-hybridized carbons (Fsp3) is 0.314. The second-order valence-electron chi connectivity index (χ2n) is 10.8. The van der Waals surface area contributed by atoms with E-state index in [1.54, 1.807) is 44.4 Å². The molecule has 2 heterocycles. The number of nitriles is 1. The van der Waals surface area contributed by atoms with Crippen LogP contribution in [0.5, 0.6) is 23.0 Å². The summed E-state index contributed by atoms with van der Waals surface area (Å²) in [5.74, 6) is 0.656. The predicted octanol–water partition coefficient (Wildman–Crippen LogP) is 8.50. The first-order valence-electron chi connectivity index (χ1n) is 14.7. The molecule has 4 aromatic rings. The van der Waals surface area contributed by atoms with E-state index in [9.17, 15) is 10.1 Å². The van der Waals surface area contributed by atoms with Gasteiger partial charge in [-0.3, -0.25) is 0 Å². The molecule has 0 aliphatic carbocycles. The van der Waals surface area contributed by atoms with E-state index in [4.69, 9.17) is 40.7 Å². The van der Waals surface area contributed by atoms with Crippen LogP contribution in [0.3, 0.4) is 0 Å². The Balaban J connectivity index is 1.39. The number of hydrogen-bond acceptors (Lipinski definition) is 8. The van der Waals surface area contributed by atoms with Gasteiger partial charge in [-0.2, -0.15) is 5.26 Å². The van der Waals surface area contributed by atoms with Gasteiger partial charge in [0.25, 0.3) is 0 Å². The number of methoxy groups -OCH3 is 1. The highest BCUT2D eigenvalue weighted by molar-refractivity contribution is 6.32. The van der Waals surface area contributed by atoms with Crippen molar-refractivity contribution in [2.45, 2.75) is 58.8 Å². The lowest BCUT2D eigenvalue weighted by Gasteiger charge is -2.27. The number of aryl methyl sites for hydroxylation is 2. The minimum absolute atomic E-state index is 0.0276. The Morgan fingerprint density at radius 3 is 2.59 bits per heavy atom. The molecule has 1 aliphatic heterocycles. The summed E-state index contributed by atoms with van der Waals surface area (Å²) in [6, 6.07) is 16.3. The molecule has 9 heteroatoms. The van der Waals surface area contributed by atoms with Gasteiger partial charge in [-0.05, 0) is 61.7 Å². The maximum Gasteiger partial charge on any atom is 0.379 e. The van der Waals surface area contributed by atoms with Crippen molar-refractivity contribution in [2.75, 3.05) is 13.7 Å². The van der Waals surface area contributed by atoms with E-state index in [1.807, 2.05) is 25.1 Å². The maximum absolute atomic E-state index is 13.1. The van der Waals surface area contributed by atoms with Crippen LogP contribution in [0.2, 0.25) is 5.02 Å². The number of nitrogens with zero attached hydrogens (tertiary/aromatic N) is 1. The number of furan rings is 1. The Hall–Kier alpha value is -4.61. The molecule has 0 bridgehead atoms. The Morgan fingerprint density at radius 2 is 1.84 bits per heavy atom. The molecule has 1 aliphatic rings. The molecule has 0 saturated carbocycles. The Morgan fingerprint density at radius 1 is 1.05 bits per heavy atom. The first kappa shape index (κ1) is 30.8. The van der Waals surface area contributed by atoms with Gasteiger partial charge >= 0.3 is 5.97 Å². The zero-order chi connectivity index (χ0) is 31.4. The van der Waals surface area contributed by atoms with Gasteiger partial charge in [-0.25, -0.2) is 4.79 Å². The monoisotopic (exact) mass is 614 g/mol. The normalized spacial score (nSPS) is 14.1. The van der Waals surface area contributed by atoms with Crippen LogP contribution in [0.15, 0.2) is 64.4 Å². The quantitative estimate of drug-likeness (QED) is 0.101. The maximum atomic E-state index is 13.1. The van der Waals surface area contributed by atoms with Gasteiger partial charge in [0.2, 0.25) is 11.6 Å². The van der Waals surface area contributed by atoms with Crippen LogP contribution in [-0.2, 0) is 0 Å². The summed E-state index contributed by atoms with van der Waals surface area (Å²) in [5, 5.41) is 11.3. The van der Waals surface area contributed by atoms with E-state index in [1.165, 1.54) is 19.3 Å². The molecule has 44 heavy (non-hydrogen) atoms. The van der Waals surface area contributed by atoms with Crippen molar-refractivity contribution in [1.29, 1.82) is 5.26 Å². The topological polar surface area (TPSA) is 117 Å². The third-order valence-corrected chi connectivity index (χ3v) is 8.24. The number of allylic oxidation sites excluding steroid dienone is 1. The van der Waals surface area contributed by atoms with Crippen molar-refractivity contribution in [3.63, 3.8) is 0 Å². The summed E-state index contributed by atoms with van der Waals surface area (Å²) in [6.45, 7) is 6.43. The van der Waals surface area contributed by atoms with Crippen LogP contribution in [0, 0.1) is 25.2 Å². The van der Waals surface area contributed by atoms with Gasteiger partial charge in [-0.15, -0.1) is 0 Å². The van der Waals surface area contributed by atoms with Gasteiger partial charge < -0.3 is 29.1 Å². The Bertz CT molecular complexity index is 1780. The lowest BCUT2D eigenvalue weighted by molar-refractivity contribution is 0.0702. The van der Waals surface area contributed by atoms with Crippen molar-refractivity contribution < 1.29 is 28.2 Å². The Kier molecular flexibility index (Phi) is 9.36. The van der Waals surface area contributed by atoms with Crippen LogP contribution in [-0.4, -0.2) is 19.7 Å². The number of rotatable bonds is 11. The van der Waals surface area contributed by atoms with Crippen molar-refractivity contribution in [3.8, 4) is 29.1 Å². The zero-order valence-electron chi connectivity index (χ0n) is 25.3. The molecule has 228 valence electrons. The molecule has 2 N–H and O–H groups in total. The van der Waals surface area contributed by atoms with E-state index in [2.05, 4.69) is 13.0 Å². The summed E-state index contributed by atoms with van der Waals surface area (Å²) >= 11 is 6.28. The highest BCUT2D eigenvalue weighted by Gasteiger charge is 2.32. The largest absolute Gasteiger partial charge is 0.493 e. The van der Waals surface area contributed by atoms with E-state index >= 15 is 0 Å². The van der Waals surface area contributed by atoms with Crippen molar-refractivity contribution in [3.05, 3.63) is 93.0 Å². The molecule has 5 rings (SSSR count). The van der Waals surface area contributed by atoms with Gasteiger partial charge in [0, 0.05) is 27.6 Å². The first-order valence-corrected chi connectivity index (χ1v) is 15.1. The van der Waals surface area contributed by atoms with Crippen molar-refractivity contribution >= 4 is 28.5 Å². The zero-order valence-corrected chi connectivity index (χ0v) is 26.0. The summed E-state index contributed by atoms with van der Waals surface area (Å²) in [6.07, 6.45) is 5.70. The molecule has 0 fully saturated rings. The molecule has 3 aromatic carbocycles. The summed E-state index contributed by atoms with van der Waals surface area (Å²) in [7, 11) is 1.58. The fourth-order valence-corrected chi connectivity index (χ4v) is 5.57. The number of fused-ring (bicyclic) bond motifs is 2. The number of ether oxygens (including phenoxy) is 4. The van der Waals surface area contributed by atoms with E-state index in [0.717, 1.165) is 29.4 Å².